The molecule has 1 aromatic heterocycles. The first kappa shape index (κ1) is 14.3. The van der Waals surface area contributed by atoms with Gasteiger partial charge in [0.2, 0.25) is 0 Å². The number of carbonyl (C=O) groups excluding carboxylic acids is 1. The highest BCUT2D eigenvalue weighted by molar-refractivity contribution is 7.13. The lowest BCUT2D eigenvalue weighted by Crippen LogP contribution is -2.24. The van der Waals surface area contributed by atoms with Crippen LogP contribution in [0, 0.1) is 6.92 Å². The second-order valence-electron chi connectivity index (χ2n) is 4.28. The fraction of sp³-hybridized carbons (Fsp3) is 0.286. The molecule has 0 aliphatic carbocycles. The van der Waals surface area contributed by atoms with Crippen molar-refractivity contribution in [2.45, 2.75) is 13.3 Å². The molecule has 1 aromatic carbocycles. The van der Waals surface area contributed by atoms with Gasteiger partial charge in [0.05, 0.1) is 12.2 Å². The molecule has 0 saturated carbocycles. The topological polar surface area (TPSA) is 74.3 Å². The summed E-state index contributed by atoms with van der Waals surface area (Å²) in [5, 5.41) is 15.9. The van der Waals surface area contributed by atoms with E-state index < -0.39 is 5.97 Å². The number of anilines is 1. The number of nitrogens with one attached hydrogen (secondary N) is 1. The molecule has 0 saturated heterocycles. The Bertz CT molecular complexity index is 583. The Hall–Kier alpha value is -2.08. The van der Waals surface area contributed by atoms with Crippen LogP contribution in [0.5, 0.6) is 5.75 Å². The Morgan fingerprint density at radius 3 is 3.10 bits per heavy atom. The number of hydrogen-bond acceptors (Lipinski definition) is 6. The molecule has 106 valence electrons. The molecule has 0 radical (unpaired) electrons. The molecular formula is C14H15N2O3S-. The lowest BCUT2D eigenvalue weighted by molar-refractivity contribution is -0.304. The Morgan fingerprint density at radius 1 is 1.50 bits per heavy atom. The van der Waals surface area contributed by atoms with Crippen molar-refractivity contribution < 1.29 is 14.6 Å². The van der Waals surface area contributed by atoms with Gasteiger partial charge in [0.25, 0.3) is 0 Å². The van der Waals surface area contributed by atoms with Gasteiger partial charge in [-0.25, -0.2) is 4.98 Å². The van der Waals surface area contributed by atoms with E-state index >= 15 is 0 Å². The SMILES string of the molecule is Cc1cccc(OCCNc2nc(CC(=O)[O-])cs2)c1. The smallest absolute Gasteiger partial charge is 0.182 e. The van der Waals surface area contributed by atoms with Crippen molar-refractivity contribution >= 4 is 22.4 Å². The molecule has 0 aliphatic rings. The third kappa shape index (κ3) is 4.55. The number of rotatable bonds is 7. The van der Waals surface area contributed by atoms with Crippen LogP contribution in [0.3, 0.4) is 0 Å². The van der Waals surface area contributed by atoms with Crippen molar-refractivity contribution in [3.05, 3.63) is 40.9 Å². The predicted molar refractivity (Wildman–Crippen MR) is 76.0 cm³/mol. The van der Waals surface area contributed by atoms with Crippen LogP contribution in [0.15, 0.2) is 29.6 Å². The van der Waals surface area contributed by atoms with Crippen LogP contribution in [0.2, 0.25) is 0 Å². The molecule has 0 bridgehead atoms. The van der Waals surface area contributed by atoms with Crippen LogP contribution in [0.1, 0.15) is 11.3 Å². The maximum atomic E-state index is 10.4. The maximum absolute atomic E-state index is 10.4. The zero-order valence-corrected chi connectivity index (χ0v) is 11.9. The normalized spacial score (nSPS) is 10.2. The number of benzene rings is 1. The van der Waals surface area contributed by atoms with Crippen molar-refractivity contribution in [3.8, 4) is 5.75 Å². The standard InChI is InChI=1S/C14H16N2O3S/c1-10-3-2-4-12(7-10)19-6-5-15-14-16-11(9-20-14)8-13(17)18/h2-4,7,9H,5-6,8H2,1H3,(H,15,16)(H,17,18)/p-1. The van der Waals surface area contributed by atoms with Crippen LogP contribution < -0.4 is 15.2 Å². The summed E-state index contributed by atoms with van der Waals surface area (Å²) in [6.45, 7) is 3.13. The van der Waals surface area contributed by atoms with E-state index in [0.29, 0.717) is 24.0 Å². The predicted octanol–water partition coefficient (Wildman–Crippen LogP) is 1.23. The Labute approximate surface area is 121 Å². The summed E-state index contributed by atoms with van der Waals surface area (Å²) >= 11 is 1.37. The van der Waals surface area contributed by atoms with Gasteiger partial charge in [0.1, 0.15) is 12.4 Å². The number of carbonyl (C=O) groups is 1. The molecular weight excluding hydrogens is 276 g/mol. The van der Waals surface area contributed by atoms with Gasteiger partial charge in [-0.3, -0.25) is 0 Å². The molecule has 20 heavy (non-hydrogen) atoms. The van der Waals surface area contributed by atoms with Gasteiger partial charge >= 0.3 is 0 Å². The quantitative estimate of drug-likeness (QED) is 0.777. The minimum atomic E-state index is -1.12. The average Bonchev–Trinajstić information content (AvgIpc) is 2.81. The van der Waals surface area contributed by atoms with Crippen molar-refractivity contribution in [3.63, 3.8) is 0 Å². The van der Waals surface area contributed by atoms with Crippen LogP contribution in [-0.4, -0.2) is 24.1 Å². The van der Waals surface area contributed by atoms with E-state index in [-0.39, 0.29) is 6.42 Å². The van der Waals surface area contributed by atoms with Gasteiger partial charge in [-0.2, -0.15) is 0 Å². The summed E-state index contributed by atoms with van der Waals surface area (Å²) in [4.78, 5) is 14.6. The molecule has 0 atom stereocenters. The third-order valence-corrected chi connectivity index (χ3v) is 3.36. The minimum absolute atomic E-state index is 0.155. The van der Waals surface area contributed by atoms with E-state index in [1.807, 2.05) is 31.2 Å². The van der Waals surface area contributed by atoms with Crippen molar-refractivity contribution in [2.75, 3.05) is 18.5 Å². The van der Waals surface area contributed by atoms with E-state index in [1.165, 1.54) is 11.3 Å². The molecule has 0 amide bonds. The van der Waals surface area contributed by atoms with E-state index in [4.69, 9.17) is 4.74 Å². The lowest BCUT2D eigenvalue weighted by Gasteiger charge is -2.07. The molecule has 6 heteroatoms. The summed E-state index contributed by atoms with van der Waals surface area (Å²) in [5.74, 6) is -0.284. The molecule has 1 N–H and O–H groups in total. The van der Waals surface area contributed by atoms with E-state index in [1.54, 1.807) is 5.38 Å². The van der Waals surface area contributed by atoms with Crippen LogP contribution in [0.25, 0.3) is 0 Å². The second-order valence-corrected chi connectivity index (χ2v) is 5.14. The fourth-order valence-corrected chi connectivity index (χ4v) is 2.39. The summed E-state index contributed by atoms with van der Waals surface area (Å²) in [6.07, 6.45) is -0.155. The van der Waals surface area contributed by atoms with Gasteiger partial charge in [-0.05, 0) is 24.6 Å². The first-order valence-corrected chi connectivity index (χ1v) is 7.09. The highest BCUT2D eigenvalue weighted by atomic mass is 32.1. The Kier molecular flexibility index (Phi) is 4.95. The number of ether oxygens (including phenoxy) is 1. The molecule has 0 fully saturated rings. The van der Waals surface area contributed by atoms with Gasteiger partial charge in [-0.15, -0.1) is 11.3 Å². The van der Waals surface area contributed by atoms with Gasteiger partial charge in [-0.1, -0.05) is 12.1 Å². The van der Waals surface area contributed by atoms with E-state index in [9.17, 15) is 9.90 Å². The van der Waals surface area contributed by atoms with E-state index in [2.05, 4.69) is 10.3 Å². The number of thiazole rings is 1. The molecule has 1 heterocycles. The van der Waals surface area contributed by atoms with Crippen molar-refractivity contribution in [1.29, 1.82) is 0 Å². The summed E-state index contributed by atoms with van der Waals surface area (Å²) in [7, 11) is 0. The van der Waals surface area contributed by atoms with Crippen molar-refractivity contribution in [2.24, 2.45) is 0 Å². The number of aliphatic carboxylic acids is 1. The Balaban J connectivity index is 1.73. The summed E-state index contributed by atoms with van der Waals surface area (Å²) in [5.41, 5.74) is 1.67. The molecule has 2 aromatic rings. The van der Waals surface area contributed by atoms with Gasteiger partial charge in [0, 0.05) is 17.8 Å². The summed E-state index contributed by atoms with van der Waals surface area (Å²) in [6, 6.07) is 7.85. The monoisotopic (exact) mass is 291 g/mol. The van der Waals surface area contributed by atoms with Crippen LogP contribution in [-0.2, 0) is 11.2 Å². The molecule has 2 rings (SSSR count). The average molecular weight is 291 g/mol. The van der Waals surface area contributed by atoms with Crippen LogP contribution >= 0.6 is 11.3 Å². The largest absolute Gasteiger partial charge is 0.550 e. The number of hydrogen-bond donors (Lipinski definition) is 1. The van der Waals surface area contributed by atoms with Gasteiger partial charge < -0.3 is 20.0 Å². The number of nitrogens with zero attached hydrogens (tertiary/aromatic N) is 1. The zero-order valence-electron chi connectivity index (χ0n) is 11.1. The minimum Gasteiger partial charge on any atom is -0.550 e. The first-order valence-electron chi connectivity index (χ1n) is 6.21. The highest BCUT2D eigenvalue weighted by Gasteiger charge is 2.02. The Morgan fingerprint density at radius 2 is 2.35 bits per heavy atom. The first-order chi connectivity index (χ1) is 9.63. The maximum Gasteiger partial charge on any atom is 0.182 e. The summed E-state index contributed by atoms with van der Waals surface area (Å²) < 4.78 is 5.59. The molecule has 5 nitrogen and oxygen atoms in total. The molecule has 0 unspecified atom stereocenters. The number of aromatic nitrogens is 1. The van der Waals surface area contributed by atoms with Crippen LogP contribution in [0.4, 0.5) is 5.13 Å². The lowest BCUT2D eigenvalue weighted by atomic mass is 10.2. The fourth-order valence-electron chi connectivity index (χ4n) is 1.65. The molecule has 0 aliphatic heterocycles. The van der Waals surface area contributed by atoms with E-state index in [0.717, 1.165) is 11.3 Å². The number of aryl methyl sites for hydroxylation is 1. The zero-order chi connectivity index (χ0) is 14.4. The number of carboxylic acids is 1. The number of carboxylic acid groups (broad SMARTS) is 1. The highest BCUT2D eigenvalue weighted by Crippen LogP contribution is 2.16. The third-order valence-electron chi connectivity index (χ3n) is 2.51. The van der Waals surface area contributed by atoms with Crippen molar-refractivity contribution in [1.82, 2.24) is 4.98 Å². The molecule has 0 spiro atoms. The van der Waals surface area contributed by atoms with Gasteiger partial charge in [0.15, 0.2) is 5.13 Å². The second kappa shape index (κ2) is 6.91.